The van der Waals surface area contributed by atoms with E-state index in [1.807, 2.05) is 19.9 Å². The van der Waals surface area contributed by atoms with Crippen LogP contribution in [0.15, 0.2) is 12.2 Å². The number of allylic oxidation sites excluding steroid dienone is 1. The molecule has 0 aliphatic carbocycles. The Bertz CT molecular complexity index is 114. The van der Waals surface area contributed by atoms with E-state index in [2.05, 4.69) is 0 Å². The van der Waals surface area contributed by atoms with Gasteiger partial charge in [-0.2, -0.15) is 0 Å². The lowest BCUT2D eigenvalue weighted by atomic mass is 10.2. The third-order valence-corrected chi connectivity index (χ3v) is 0.806. The highest BCUT2D eigenvalue weighted by molar-refractivity contribution is 5.68. The standard InChI is InChI=1S/C7H11O2/c1-6(2)4-3-5-7(8)9/h3-4,6H,5H2,1-2H3/b4-3+. The summed E-state index contributed by atoms with van der Waals surface area (Å²) >= 11 is 0. The van der Waals surface area contributed by atoms with Crippen LogP contribution in [0.5, 0.6) is 0 Å². The van der Waals surface area contributed by atoms with Gasteiger partial charge < -0.3 is 0 Å². The van der Waals surface area contributed by atoms with Crippen LogP contribution < -0.4 is 0 Å². The molecule has 0 spiro atoms. The topological polar surface area (TPSA) is 37.0 Å². The molecule has 51 valence electrons. The molecule has 2 heteroatoms. The van der Waals surface area contributed by atoms with E-state index < -0.39 is 5.97 Å². The van der Waals surface area contributed by atoms with Crippen molar-refractivity contribution in [1.29, 1.82) is 0 Å². The maximum absolute atomic E-state index is 9.82. The molecule has 0 aromatic heterocycles. The second-order valence-corrected chi connectivity index (χ2v) is 2.25. The van der Waals surface area contributed by atoms with E-state index in [0.717, 1.165) is 0 Å². The molecule has 0 bridgehead atoms. The second kappa shape index (κ2) is 4.13. The van der Waals surface area contributed by atoms with Crippen molar-refractivity contribution in [2.75, 3.05) is 0 Å². The molecule has 0 aromatic carbocycles. The summed E-state index contributed by atoms with van der Waals surface area (Å²) in [7, 11) is 0. The Morgan fingerprint density at radius 3 is 2.44 bits per heavy atom. The second-order valence-electron chi connectivity index (χ2n) is 2.25. The maximum Gasteiger partial charge on any atom is 0.359 e. The summed E-state index contributed by atoms with van der Waals surface area (Å²) < 4.78 is 0. The number of hydrogen-bond donors (Lipinski definition) is 0. The van der Waals surface area contributed by atoms with Crippen molar-refractivity contribution in [3.63, 3.8) is 0 Å². The van der Waals surface area contributed by atoms with Gasteiger partial charge in [0.15, 0.2) is 0 Å². The van der Waals surface area contributed by atoms with Crippen LogP contribution in [0.3, 0.4) is 0 Å². The minimum Gasteiger partial charge on any atom is -0.247 e. The zero-order valence-electron chi connectivity index (χ0n) is 5.76. The van der Waals surface area contributed by atoms with E-state index in [9.17, 15) is 9.90 Å². The molecular weight excluding hydrogens is 116 g/mol. The molecule has 0 aliphatic rings. The summed E-state index contributed by atoms with van der Waals surface area (Å²) in [5.41, 5.74) is 0. The first-order valence-electron chi connectivity index (χ1n) is 2.99. The maximum atomic E-state index is 9.82. The average molecular weight is 127 g/mol. The van der Waals surface area contributed by atoms with Gasteiger partial charge in [-0.05, 0) is 5.92 Å². The molecule has 0 unspecified atom stereocenters. The highest BCUT2D eigenvalue weighted by Crippen LogP contribution is 1.94. The van der Waals surface area contributed by atoms with E-state index in [1.165, 1.54) is 0 Å². The van der Waals surface area contributed by atoms with E-state index >= 15 is 0 Å². The summed E-state index contributed by atoms with van der Waals surface area (Å²) in [6, 6.07) is 0. The summed E-state index contributed by atoms with van der Waals surface area (Å²) in [6.45, 7) is 3.98. The Hall–Kier alpha value is -0.790. The van der Waals surface area contributed by atoms with Gasteiger partial charge >= 0.3 is 5.97 Å². The van der Waals surface area contributed by atoms with Crippen molar-refractivity contribution >= 4 is 5.97 Å². The zero-order valence-corrected chi connectivity index (χ0v) is 5.76. The first-order valence-corrected chi connectivity index (χ1v) is 2.99. The highest BCUT2D eigenvalue weighted by Gasteiger charge is 1.92. The Morgan fingerprint density at radius 2 is 2.11 bits per heavy atom. The van der Waals surface area contributed by atoms with Crippen molar-refractivity contribution in [2.24, 2.45) is 5.92 Å². The first-order chi connectivity index (χ1) is 4.13. The number of carbonyl (C=O) groups is 1. The van der Waals surface area contributed by atoms with Crippen LogP contribution in [0.4, 0.5) is 0 Å². The Morgan fingerprint density at radius 1 is 1.56 bits per heavy atom. The van der Waals surface area contributed by atoms with Crippen LogP contribution in [0.2, 0.25) is 0 Å². The average Bonchev–Trinajstić information content (AvgIpc) is 1.63. The normalized spacial score (nSPS) is 11.0. The van der Waals surface area contributed by atoms with Crippen LogP contribution in [0.25, 0.3) is 0 Å². The predicted molar refractivity (Wildman–Crippen MR) is 34.3 cm³/mol. The van der Waals surface area contributed by atoms with Crippen molar-refractivity contribution < 1.29 is 9.90 Å². The van der Waals surface area contributed by atoms with E-state index in [-0.39, 0.29) is 6.42 Å². The predicted octanol–water partition coefficient (Wildman–Crippen LogP) is 1.55. The summed E-state index contributed by atoms with van der Waals surface area (Å²) in [4.78, 5) is 9.82. The first kappa shape index (κ1) is 8.21. The third-order valence-electron chi connectivity index (χ3n) is 0.806. The lowest BCUT2D eigenvalue weighted by Gasteiger charge is -1.89. The van der Waals surface area contributed by atoms with Crippen LogP contribution in [0.1, 0.15) is 20.3 Å². The Balaban J connectivity index is 3.36. The molecule has 0 saturated carbocycles. The third kappa shape index (κ3) is 7.21. The zero-order chi connectivity index (χ0) is 7.28. The van der Waals surface area contributed by atoms with Crippen molar-refractivity contribution in [1.82, 2.24) is 0 Å². The fourth-order valence-corrected chi connectivity index (χ4v) is 0.436. The minimum atomic E-state index is -1.02. The molecule has 0 N–H and O–H groups in total. The summed E-state index contributed by atoms with van der Waals surface area (Å²) in [6.07, 6.45) is 3.48. The van der Waals surface area contributed by atoms with Gasteiger partial charge in [-0.15, -0.1) is 0 Å². The van der Waals surface area contributed by atoms with E-state index in [4.69, 9.17) is 0 Å². The van der Waals surface area contributed by atoms with Crippen molar-refractivity contribution in [2.45, 2.75) is 20.3 Å². The number of hydrogen-bond acceptors (Lipinski definition) is 1. The van der Waals surface area contributed by atoms with Crippen LogP contribution >= 0.6 is 0 Å². The van der Waals surface area contributed by atoms with Gasteiger partial charge in [-0.25, -0.2) is 9.90 Å². The lowest BCUT2D eigenvalue weighted by Crippen LogP contribution is -1.88. The van der Waals surface area contributed by atoms with Crippen molar-refractivity contribution in [3.8, 4) is 0 Å². The van der Waals surface area contributed by atoms with Crippen molar-refractivity contribution in [3.05, 3.63) is 12.2 Å². The quantitative estimate of drug-likeness (QED) is 0.530. The van der Waals surface area contributed by atoms with Crippen LogP contribution in [-0.4, -0.2) is 5.97 Å². The fraction of sp³-hybridized carbons (Fsp3) is 0.571. The van der Waals surface area contributed by atoms with E-state index in [1.54, 1.807) is 6.08 Å². The molecule has 0 heterocycles. The number of carbonyl (C=O) groups excluding carboxylic acids is 1. The molecule has 2 nitrogen and oxygen atoms in total. The monoisotopic (exact) mass is 127 g/mol. The van der Waals surface area contributed by atoms with Gasteiger partial charge in [0.05, 0.1) is 6.42 Å². The lowest BCUT2D eigenvalue weighted by molar-refractivity contribution is -0.142. The molecule has 9 heavy (non-hydrogen) atoms. The smallest absolute Gasteiger partial charge is 0.247 e. The molecule has 0 fully saturated rings. The highest BCUT2D eigenvalue weighted by atomic mass is 16.4. The minimum absolute atomic E-state index is 0.0260. The molecule has 1 radical (unpaired) electrons. The molecule has 0 aromatic rings. The number of rotatable bonds is 3. The van der Waals surface area contributed by atoms with Gasteiger partial charge in [0.2, 0.25) is 0 Å². The Labute approximate surface area is 55.2 Å². The van der Waals surface area contributed by atoms with Gasteiger partial charge in [0.25, 0.3) is 0 Å². The molecule has 0 rings (SSSR count). The Kier molecular flexibility index (Phi) is 3.76. The van der Waals surface area contributed by atoms with E-state index in [0.29, 0.717) is 5.92 Å². The summed E-state index contributed by atoms with van der Waals surface area (Å²) in [5.74, 6) is -0.601. The van der Waals surface area contributed by atoms with Gasteiger partial charge in [-0.3, -0.25) is 0 Å². The van der Waals surface area contributed by atoms with Gasteiger partial charge in [-0.1, -0.05) is 26.0 Å². The molecule has 0 aliphatic heterocycles. The van der Waals surface area contributed by atoms with Gasteiger partial charge in [0.1, 0.15) is 0 Å². The fourth-order valence-electron chi connectivity index (χ4n) is 0.436. The molecule has 0 saturated heterocycles. The van der Waals surface area contributed by atoms with Crippen LogP contribution in [-0.2, 0) is 9.90 Å². The molecule has 0 atom stereocenters. The summed E-state index contributed by atoms with van der Waals surface area (Å²) in [5, 5.41) is 9.82. The SMILES string of the molecule is CC(C)/C=C/CC([O])=O. The largest absolute Gasteiger partial charge is 0.359 e. The van der Waals surface area contributed by atoms with Crippen LogP contribution in [0, 0.1) is 5.92 Å². The molecular formula is C7H11O2. The van der Waals surface area contributed by atoms with Gasteiger partial charge in [0, 0.05) is 0 Å². The molecule has 0 amide bonds.